The summed E-state index contributed by atoms with van der Waals surface area (Å²) in [6.45, 7) is -0.715. The molecule has 0 aliphatic heterocycles. The fourth-order valence-electron chi connectivity index (χ4n) is 2.98. The van der Waals surface area contributed by atoms with Gasteiger partial charge in [0.15, 0.2) is 0 Å². The minimum absolute atomic E-state index is 0.230. The van der Waals surface area contributed by atoms with Crippen molar-refractivity contribution in [1.82, 2.24) is 10.3 Å². The summed E-state index contributed by atoms with van der Waals surface area (Å²) in [5, 5.41) is 8.54. The topological polar surface area (TPSA) is 46.2 Å². The second-order valence-corrected chi connectivity index (χ2v) is 6.17. The molecule has 0 aliphatic rings. The minimum Gasteiger partial charge on any atom is -0.434 e. The summed E-state index contributed by atoms with van der Waals surface area (Å²) in [6.07, 6.45) is 3.71. The first kappa shape index (κ1) is 19.0. The van der Waals surface area contributed by atoms with Crippen LogP contribution < -0.4 is 15.4 Å². The van der Waals surface area contributed by atoms with Crippen LogP contribution >= 0.6 is 0 Å². The molecule has 0 aliphatic carbocycles. The van der Waals surface area contributed by atoms with Gasteiger partial charge < -0.3 is 15.4 Å². The van der Waals surface area contributed by atoms with Crippen molar-refractivity contribution >= 4 is 16.6 Å². The molecule has 0 bridgehead atoms. The van der Waals surface area contributed by atoms with E-state index in [0.29, 0.717) is 6.54 Å². The molecule has 6 heteroatoms. The molecule has 1 heterocycles. The zero-order chi connectivity index (χ0) is 18.9. The third-order valence-electron chi connectivity index (χ3n) is 4.27. The zero-order valence-electron chi connectivity index (χ0n) is 15.0. The van der Waals surface area contributed by atoms with Crippen LogP contribution in [-0.2, 0) is 6.54 Å². The third kappa shape index (κ3) is 5.62. The Hall–Kier alpha value is -2.73. The molecule has 2 N–H and O–H groups in total. The zero-order valence-corrected chi connectivity index (χ0v) is 15.0. The SMILES string of the molecule is FC(F)Oc1ccc2ccccc2c1CNCCCCNc1ccccn1. The number of nitrogens with zero attached hydrogens (tertiary/aromatic N) is 1. The van der Waals surface area contributed by atoms with Crippen molar-refractivity contribution < 1.29 is 13.5 Å². The van der Waals surface area contributed by atoms with Crippen LogP contribution in [0.15, 0.2) is 60.8 Å². The molecule has 1 aromatic heterocycles. The average molecular weight is 371 g/mol. The number of aromatic nitrogens is 1. The van der Waals surface area contributed by atoms with Gasteiger partial charge in [0, 0.05) is 24.8 Å². The largest absolute Gasteiger partial charge is 0.434 e. The van der Waals surface area contributed by atoms with E-state index >= 15 is 0 Å². The van der Waals surface area contributed by atoms with E-state index in [0.717, 1.165) is 48.1 Å². The number of unbranched alkanes of at least 4 members (excludes halogenated alkanes) is 1. The highest BCUT2D eigenvalue weighted by Crippen LogP contribution is 2.29. The number of ether oxygens (including phenoxy) is 1. The maximum absolute atomic E-state index is 12.7. The number of benzene rings is 2. The lowest BCUT2D eigenvalue weighted by Gasteiger charge is -2.14. The number of fused-ring (bicyclic) bond motifs is 1. The first-order chi connectivity index (χ1) is 13.2. The predicted octanol–water partition coefficient (Wildman–Crippen LogP) is 4.82. The summed E-state index contributed by atoms with van der Waals surface area (Å²) >= 11 is 0. The van der Waals surface area contributed by atoms with Gasteiger partial charge >= 0.3 is 6.61 Å². The Morgan fingerprint density at radius 2 is 1.74 bits per heavy atom. The Bertz CT molecular complexity index is 843. The first-order valence-corrected chi connectivity index (χ1v) is 9.05. The van der Waals surface area contributed by atoms with Crippen molar-refractivity contribution in [1.29, 1.82) is 0 Å². The molecule has 27 heavy (non-hydrogen) atoms. The maximum Gasteiger partial charge on any atom is 0.387 e. The summed E-state index contributed by atoms with van der Waals surface area (Å²) in [4.78, 5) is 4.21. The van der Waals surface area contributed by atoms with E-state index in [4.69, 9.17) is 4.74 Å². The second kappa shape index (κ2) is 9.83. The van der Waals surface area contributed by atoms with E-state index in [1.807, 2.05) is 42.5 Å². The van der Waals surface area contributed by atoms with Crippen LogP contribution in [0, 0.1) is 0 Å². The molecular weight excluding hydrogens is 348 g/mol. The number of hydrogen-bond donors (Lipinski definition) is 2. The van der Waals surface area contributed by atoms with Gasteiger partial charge in [-0.15, -0.1) is 0 Å². The lowest BCUT2D eigenvalue weighted by Crippen LogP contribution is -2.17. The van der Waals surface area contributed by atoms with Crippen LogP contribution in [0.2, 0.25) is 0 Å². The van der Waals surface area contributed by atoms with Crippen molar-refractivity contribution in [2.75, 3.05) is 18.4 Å². The number of halogens is 2. The quantitative estimate of drug-likeness (QED) is 0.502. The number of rotatable bonds is 10. The molecule has 142 valence electrons. The number of anilines is 1. The molecule has 0 unspecified atom stereocenters. The van der Waals surface area contributed by atoms with Crippen molar-refractivity contribution in [2.24, 2.45) is 0 Å². The van der Waals surface area contributed by atoms with E-state index in [9.17, 15) is 8.78 Å². The van der Waals surface area contributed by atoms with Crippen molar-refractivity contribution in [2.45, 2.75) is 26.0 Å². The fourth-order valence-corrected chi connectivity index (χ4v) is 2.98. The van der Waals surface area contributed by atoms with Gasteiger partial charge in [-0.25, -0.2) is 4.98 Å². The Labute approximate surface area is 157 Å². The first-order valence-electron chi connectivity index (χ1n) is 9.05. The number of hydrogen-bond acceptors (Lipinski definition) is 4. The summed E-state index contributed by atoms with van der Waals surface area (Å²) in [5.41, 5.74) is 0.764. The Morgan fingerprint density at radius 1 is 0.926 bits per heavy atom. The van der Waals surface area contributed by atoms with Gasteiger partial charge in [0.1, 0.15) is 11.6 Å². The van der Waals surface area contributed by atoms with E-state index < -0.39 is 6.61 Å². The molecule has 4 nitrogen and oxygen atoms in total. The van der Waals surface area contributed by atoms with E-state index in [1.165, 1.54) is 0 Å². The number of pyridine rings is 1. The lowest BCUT2D eigenvalue weighted by molar-refractivity contribution is -0.0503. The van der Waals surface area contributed by atoms with Gasteiger partial charge in [0.05, 0.1) is 0 Å². The van der Waals surface area contributed by atoms with Crippen LogP contribution in [0.25, 0.3) is 10.8 Å². The molecule has 0 spiro atoms. The van der Waals surface area contributed by atoms with Crippen molar-refractivity contribution in [3.8, 4) is 5.75 Å². The van der Waals surface area contributed by atoms with E-state index in [1.54, 1.807) is 18.3 Å². The van der Waals surface area contributed by atoms with Crippen LogP contribution in [0.4, 0.5) is 14.6 Å². The highest BCUT2D eigenvalue weighted by atomic mass is 19.3. The van der Waals surface area contributed by atoms with E-state index in [2.05, 4.69) is 15.6 Å². The molecule has 0 saturated carbocycles. The summed E-state index contributed by atoms with van der Waals surface area (Å²) in [7, 11) is 0. The third-order valence-corrected chi connectivity index (χ3v) is 4.27. The van der Waals surface area contributed by atoms with Crippen molar-refractivity contribution in [3.05, 3.63) is 66.4 Å². The summed E-state index contributed by atoms with van der Waals surface area (Å²) in [5.74, 6) is 1.10. The molecular formula is C21H23F2N3O. The minimum atomic E-state index is -2.83. The fraction of sp³-hybridized carbons (Fsp3) is 0.286. The summed E-state index contributed by atoms with van der Waals surface area (Å²) < 4.78 is 30.1. The molecule has 3 rings (SSSR count). The molecule has 0 radical (unpaired) electrons. The average Bonchev–Trinajstić information content (AvgIpc) is 2.69. The monoisotopic (exact) mass is 371 g/mol. The molecule has 0 fully saturated rings. The van der Waals surface area contributed by atoms with Gasteiger partial charge in [-0.1, -0.05) is 36.4 Å². The van der Waals surface area contributed by atoms with Crippen LogP contribution in [0.1, 0.15) is 18.4 Å². The van der Waals surface area contributed by atoms with Crippen LogP contribution in [-0.4, -0.2) is 24.7 Å². The number of alkyl halides is 2. The lowest BCUT2D eigenvalue weighted by atomic mass is 10.0. The highest BCUT2D eigenvalue weighted by molar-refractivity contribution is 5.87. The molecule has 0 saturated heterocycles. The molecule has 3 aromatic rings. The Kier molecular flexibility index (Phi) is 6.93. The Morgan fingerprint density at radius 3 is 2.56 bits per heavy atom. The van der Waals surface area contributed by atoms with Gasteiger partial charge in [0.25, 0.3) is 0 Å². The number of nitrogens with one attached hydrogen (secondary N) is 2. The smallest absolute Gasteiger partial charge is 0.387 e. The second-order valence-electron chi connectivity index (χ2n) is 6.17. The van der Waals surface area contributed by atoms with E-state index in [-0.39, 0.29) is 5.75 Å². The molecule has 2 aromatic carbocycles. The molecule has 0 atom stereocenters. The predicted molar refractivity (Wildman–Crippen MR) is 104 cm³/mol. The van der Waals surface area contributed by atoms with Gasteiger partial charge in [-0.2, -0.15) is 8.78 Å². The highest BCUT2D eigenvalue weighted by Gasteiger charge is 2.12. The van der Waals surface area contributed by atoms with Crippen LogP contribution in [0.5, 0.6) is 5.75 Å². The van der Waals surface area contributed by atoms with Gasteiger partial charge in [-0.05, 0) is 48.4 Å². The maximum atomic E-state index is 12.7. The van der Waals surface area contributed by atoms with Crippen molar-refractivity contribution in [3.63, 3.8) is 0 Å². The standard InChI is InChI=1S/C21H23F2N3O/c22-21(23)27-19-11-10-16-7-1-2-8-17(16)18(19)15-24-12-5-6-14-26-20-9-3-4-13-25-20/h1-4,7-11,13,21,24H,5-6,12,14-15H2,(H,25,26). The molecule has 0 amide bonds. The van der Waals surface area contributed by atoms with Gasteiger partial charge in [-0.3, -0.25) is 0 Å². The Balaban J connectivity index is 1.50. The van der Waals surface area contributed by atoms with Gasteiger partial charge in [0.2, 0.25) is 0 Å². The normalized spacial score (nSPS) is 11.1. The van der Waals surface area contributed by atoms with Crippen LogP contribution in [0.3, 0.4) is 0 Å². The summed E-state index contributed by atoms with van der Waals surface area (Å²) in [6, 6.07) is 16.9.